The average molecular weight is 966 g/mol. The lowest BCUT2D eigenvalue weighted by Gasteiger charge is -2.44. The number of fused-ring (bicyclic) bond motifs is 9. The number of rotatable bonds is 6. The molecule has 8 aromatic carbocycles. The number of benzene rings is 8. The van der Waals surface area contributed by atoms with Gasteiger partial charge in [-0.15, -0.1) is 0 Å². The molecule has 0 radical (unpaired) electrons. The van der Waals surface area contributed by atoms with Crippen molar-refractivity contribution in [1.29, 1.82) is 0 Å². The summed E-state index contributed by atoms with van der Waals surface area (Å²) in [6.45, 7) is 20.7. The second-order valence-corrected chi connectivity index (χ2v) is 24.0. The Balaban J connectivity index is 1.11. The molecule has 0 atom stereocenters. The Morgan fingerprint density at radius 3 is 1.78 bits per heavy atom. The van der Waals surface area contributed by atoms with Crippen molar-refractivity contribution in [2.45, 2.75) is 104 Å². The molecule has 0 N–H and O–H groups in total. The van der Waals surface area contributed by atoms with Crippen molar-refractivity contribution in [3.63, 3.8) is 0 Å². The molecule has 10 aromatic rings. The van der Waals surface area contributed by atoms with Gasteiger partial charge < -0.3 is 23.5 Å². The van der Waals surface area contributed by atoms with E-state index in [1.54, 1.807) is 0 Å². The lowest BCUT2D eigenvalue weighted by molar-refractivity contribution is 0.497. The van der Waals surface area contributed by atoms with E-state index < -0.39 is 0 Å². The van der Waals surface area contributed by atoms with Crippen LogP contribution in [0.1, 0.15) is 103 Å². The van der Waals surface area contributed by atoms with E-state index in [1.165, 1.54) is 50.2 Å². The van der Waals surface area contributed by atoms with Crippen molar-refractivity contribution in [2.24, 2.45) is 0 Å². The SMILES string of the molecule is CC(C)(C)c1ccc(N(c2ccc3c(c2)N(c2ccccc2)c2cc(C(C)(C)C)cc4c2B3c2oc3c(c2N4c2ccccc2)CCCC3)c2ccc(C(C)(C)C)cc2-c2cccc3oc4ccccc4c23)cc1. The lowest BCUT2D eigenvalue weighted by atomic mass is 9.35. The maximum atomic E-state index is 7.36. The Kier molecular flexibility index (Phi) is 10.5. The molecule has 0 saturated heterocycles. The van der Waals surface area contributed by atoms with Gasteiger partial charge in [-0.1, -0.05) is 153 Å². The third-order valence-corrected chi connectivity index (χ3v) is 16.1. The predicted octanol–water partition coefficient (Wildman–Crippen LogP) is 17.2. The molecule has 0 spiro atoms. The fourth-order valence-corrected chi connectivity index (χ4v) is 12.2. The molecule has 2 aromatic heterocycles. The van der Waals surface area contributed by atoms with Crippen LogP contribution in [-0.2, 0) is 29.1 Å². The summed E-state index contributed by atoms with van der Waals surface area (Å²) in [4.78, 5) is 7.59. The Morgan fingerprint density at radius 2 is 1.08 bits per heavy atom. The van der Waals surface area contributed by atoms with Crippen LogP contribution in [0.3, 0.4) is 0 Å². The fraction of sp³-hybridized carbons (Fsp3) is 0.235. The Morgan fingerprint density at radius 1 is 0.473 bits per heavy atom. The van der Waals surface area contributed by atoms with Crippen LogP contribution in [0.25, 0.3) is 33.1 Å². The van der Waals surface area contributed by atoms with Gasteiger partial charge >= 0.3 is 0 Å². The van der Waals surface area contributed by atoms with Gasteiger partial charge in [0.2, 0.25) is 0 Å². The quantitative estimate of drug-likeness (QED) is 0.155. The van der Waals surface area contributed by atoms with E-state index >= 15 is 0 Å². The van der Waals surface area contributed by atoms with Crippen molar-refractivity contribution >= 4 is 96.4 Å². The van der Waals surface area contributed by atoms with Crippen LogP contribution in [-0.4, -0.2) is 6.71 Å². The number of aryl methyl sites for hydroxylation is 1. The third kappa shape index (κ3) is 7.42. The first-order valence-electron chi connectivity index (χ1n) is 26.7. The second-order valence-electron chi connectivity index (χ2n) is 24.0. The minimum atomic E-state index is -0.140. The summed E-state index contributed by atoms with van der Waals surface area (Å²) >= 11 is 0. The van der Waals surface area contributed by atoms with Gasteiger partial charge in [0.25, 0.3) is 6.71 Å². The van der Waals surface area contributed by atoms with Crippen LogP contribution in [0.4, 0.5) is 51.2 Å². The molecule has 366 valence electrons. The highest BCUT2D eigenvalue weighted by molar-refractivity contribution is 6.99. The topological polar surface area (TPSA) is 36.0 Å². The van der Waals surface area contributed by atoms with Crippen molar-refractivity contribution in [2.75, 3.05) is 14.7 Å². The highest BCUT2D eigenvalue weighted by Crippen LogP contribution is 2.51. The molecule has 1 aliphatic carbocycles. The van der Waals surface area contributed by atoms with Gasteiger partial charge in [-0.25, -0.2) is 0 Å². The van der Waals surface area contributed by atoms with Crippen LogP contribution in [0.15, 0.2) is 185 Å². The van der Waals surface area contributed by atoms with Gasteiger partial charge in [-0.2, -0.15) is 0 Å². The zero-order valence-electron chi connectivity index (χ0n) is 44.3. The fourth-order valence-electron chi connectivity index (χ4n) is 12.2. The molecule has 4 heterocycles. The van der Waals surface area contributed by atoms with E-state index in [4.69, 9.17) is 8.83 Å². The molecular weight excluding hydrogens is 902 g/mol. The molecule has 3 aliphatic rings. The van der Waals surface area contributed by atoms with Crippen molar-refractivity contribution < 1.29 is 8.83 Å². The summed E-state index contributed by atoms with van der Waals surface area (Å²) < 4.78 is 14.0. The summed E-state index contributed by atoms with van der Waals surface area (Å²) in [5.41, 5.74) is 22.9. The summed E-state index contributed by atoms with van der Waals surface area (Å²) in [5.74, 6) is 1.15. The van der Waals surface area contributed by atoms with Crippen LogP contribution >= 0.6 is 0 Å². The van der Waals surface area contributed by atoms with Gasteiger partial charge in [0.1, 0.15) is 16.9 Å². The third-order valence-electron chi connectivity index (χ3n) is 16.1. The second kappa shape index (κ2) is 16.9. The van der Waals surface area contributed by atoms with Crippen molar-refractivity contribution in [3.8, 4) is 11.1 Å². The van der Waals surface area contributed by atoms with Crippen LogP contribution in [0, 0.1) is 0 Å². The first kappa shape index (κ1) is 46.1. The Hall–Kier alpha value is -7.70. The molecule has 13 rings (SSSR count). The maximum Gasteiger partial charge on any atom is 0.297 e. The smallest absolute Gasteiger partial charge is 0.297 e. The van der Waals surface area contributed by atoms with Crippen LogP contribution in [0.5, 0.6) is 0 Å². The number of hydrogen-bond acceptors (Lipinski definition) is 5. The van der Waals surface area contributed by atoms with Crippen molar-refractivity contribution in [3.05, 3.63) is 204 Å². The number of furan rings is 2. The van der Waals surface area contributed by atoms with E-state index in [0.29, 0.717) is 0 Å². The maximum absolute atomic E-state index is 7.36. The number of nitrogens with zero attached hydrogens (tertiary/aromatic N) is 3. The highest BCUT2D eigenvalue weighted by Gasteiger charge is 2.48. The zero-order chi connectivity index (χ0) is 50.8. The van der Waals surface area contributed by atoms with Gasteiger partial charge in [0.05, 0.1) is 17.0 Å². The molecule has 0 unspecified atom stereocenters. The van der Waals surface area contributed by atoms with E-state index in [2.05, 4.69) is 253 Å². The van der Waals surface area contributed by atoms with Crippen LogP contribution < -0.4 is 31.3 Å². The zero-order valence-corrected chi connectivity index (χ0v) is 44.3. The first-order chi connectivity index (χ1) is 35.6. The van der Waals surface area contributed by atoms with Crippen LogP contribution in [0.2, 0.25) is 0 Å². The van der Waals surface area contributed by atoms with Gasteiger partial charge in [0, 0.05) is 68.1 Å². The monoisotopic (exact) mass is 966 g/mol. The lowest BCUT2D eigenvalue weighted by Crippen LogP contribution is -2.61. The Bertz CT molecular complexity index is 3810. The van der Waals surface area contributed by atoms with Crippen molar-refractivity contribution in [1.82, 2.24) is 0 Å². The van der Waals surface area contributed by atoms with Gasteiger partial charge in [-0.05, 0) is 154 Å². The number of para-hydroxylation sites is 3. The summed E-state index contributed by atoms with van der Waals surface area (Å²) in [5, 5.41) is 2.24. The van der Waals surface area contributed by atoms with E-state index in [1.807, 2.05) is 0 Å². The molecule has 0 fully saturated rings. The summed E-state index contributed by atoms with van der Waals surface area (Å²) in [6, 6.07) is 65.6. The largest absolute Gasteiger partial charge is 0.473 e. The number of hydrogen-bond donors (Lipinski definition) is 0. The molecular formula is C68H64BN3O2. The Labute approximate surface area is 437 Å². The molecule has 74 heavy (non-hydrogen) atoms. The first-order valence-corrected chi connectivity index (χ1v) is 26.7. The molecule has 6 heteroatoms. The highest BCUT2D eigenvalue weighted by atomic mass is 16.3. The molecule has 5 nitrogen and oxygen atoms in total. The standard InChI is InChI=1S/C68H64BN3O2/c1-66(2,3)43-31-34-48(35-32-43)70(55-38-33-44(67(4,5)6)39-53(55)50-27-20-30-61-62(50)51-25-16-18-28-59(51)73-61)49-36-37-54-56(42-49)71(46-21-12-10-13-22-46)57-40-45(68(7,8)9)41-58-63(57)69(54)65-64(52-26-17-19-29-60(52)74-65)72(58)47-23-14-11-15-24-47/h10-16,18,20-25,27-28,30-42H,17,19,26,29H2,1-9H3. The molecule has 0 amide bonds. The average Bonchev–Trinajstić information content (AvgIpc) is 4.01. The summed E-state index contributed by atoms with van der Waals surface area (Å²) in [7, 11) is 0. The normalized spacial score (nSPS) is 14.3. The van der Waals surface area contributed by atoms with Gasteiger partial charge in [-0.3, -0.25) is 0 Å². The summed E-state index contributed by atoms with van der Waals surface area (Å²) in [6.07, 6.45) is 4.26. The minimum Gasteiger partial charge on any atom is -0.473 e. The van der Waals surface area contributed by atoms with E-state index in [-0.39, 0.29) is 23.0 Å². The predicted molar refractivity (Wildman–Crippen MR) is 313 cm³/mol. The van der Waals surface area contributed by atoms with E-state index in [9.17, 15) is 0 Å². The molecule has 2 aliphatic heterocycles. The molecule has 0 saturated carbocycles. The minimum absolute atomic E-state index is 0.0129. The van der Waals surface area contributed by atoms with Gasteiger partial charge in [0.15, 0.2) is 0 Å². The molecule has 0 bridgehead atoms. The number of anilines is 9. The van der Waals surface area contributed by atoms with E-state index in [0.717, 1.165) is 104 Å².